The van der Waals surface area contributed by atoms with Crippen molar-refractivity contribution in [2.24, 2.45) is 0 Å². The van der Waals surface area contributed by atoms with Crippen molar-refractivity contribution in [2.45, 2.75) is 0 Å². The quantitative estimate of drug-likeness (QED) is 0.248. The second-order valence-corrected chi connectivity index (χ2v) is 8.69. The van der Waals surface area contributed by atoms with Crippen LogP contribution in [-0.2, 0) is 9.47 Å². The third-order valence-corrected chi connectivity index (χ3v) is 6.40. The van der Waals surface area contributed by atoms with Gasteiger partial charge >= 0.3 is 11.9 Å². The fourth-order valence-corrected chi connectivity index (χ4v) is 4.76. The summed E-state index contributed by atoms with van der Waals surface area (Å²) in [6, 6.07) is 27.2. The molecule has 0 amide bonds. The lowest BCUT2D eigenvalue weighted by Gasteiger charge is -2.14. The van der Waals surface area contributed by atoms with E-state index in [1.54, 1.807) is 12.1 Å². The number of rotatable bonds is 4. The van der Waals surface area contributed by atoms with E-state index in [9.17, 15) is 9.59 Å². The number of para-hydroxylation sites is 2. The summed E-state index contributed by atoms with van der Waals surface area (Å²) < 4.78 is 13.1. The number of hydrogen-bond donors (Lipinski definition) is 0. The van der Waals surface area contributed by atoms with Gasteiger partial charge in [-0.2, -0.15) is 0 Å². The van der Waals surface area contributed by atoms with Crippen molar-refractivity contribution >= 4 is 49.7 Å². The van der Waals surface area contributed by atoms with Crippen molar-refractivity contribution in [1.29, 1.82) is 0 Å². The largest absolute Gasteiger partial charge is 0.465 e. The van der Waals surface area contributed by atoms with Gasteiger partial charge in [0.15, 0.2) is 0 Å². The van der Waals surface area contributed by atoms with Gasteiger partial charge in [-0.3, -0.25) is 0 Å². The summed E-state index contributed by atoms with van der Waals surface area (Å²) in [4.78, 5) is 25.5. The minimum atomic E-state index is -0.484. The SMILES string of the molecule is COC(=O)c1ccc(Br)cc1-c1cc2c(cc1C(=O)OC)c1ccccc1n2-c1ccccc1. The normalized spacial score (nSPS) is 11.0. The Morgan fingerprint density at radius 2 is 1.32 bits per heavy atom. The average molecular weight is 514 g/mol. The minimum absolute atomic E-state index is 0.359. The van der Waals surface area contributed by atoms with Gasteiger partial charge in [0.1, 0.15) is 0 Å². The zero-order valence-electron chi connectivity index (χ0n) is 18.5. The smallest absolute Gasteiger partial charge is 0.338 e. The van der Waals surface area contributed by atoms with Crippen molar-refractivity contribution in [2.75, 3.05) is 14.2 Å². The van der Waals surface area contributed by atoms with Gasteiger partial charge in [-0.25, -0.2) is 9.59 Å². The molecule has 1 heterocycles. The van der Waals surface area contributed by atoms with E-state index in [0.29, 0.717) is 22.3 Å². The van der Waals surface area contributed by atoms with Crippen LogP contribution in [0, 0.1) is 0 Å². The Morgan fingerprint density at radius 1 is 0.676 bits per heavy atom. The number of hydrogen-bond acceptors (Lipinski definition) is 4. The zero-order chi connectivity index (χ0) is 23.8. The Bertz CT molecular complexity index is 1570. The van der Waals surface area contributed by atoms with Crippen LogP contribution in [0.5, 0.6) is 0 Å². The van der Waals surface area contributed by atoms with E-state index < -0.39 is 11.9 Å². The van der Waals surface area contributed by atoms with E-state index in [4.69, 9.17) is 9.47 Å². The Kier molecular flexibility index (Phi) is 5.67. The van der Waals surface area contributed by atoms with Gasteiger partial charge in [-0.15, -0.1) is 0 Å². The zero-order valence-corrected chi connectivity index (χ0v) is 20.1. The van der Waals surface area contributed by atoms with Crippen molar-refractivity contribution in [1.82, 2.24) is 4.57 Å². The van der Waals surface area contributed by atoms with Crippen molar-refractivity contribution in [3.8, 4) is 16.8 Å². The van der Waals surface area contributed by atoms with E-state index >= 15 is 0 Å². The first-order valence-electron chi connectivity index (χ1n) is 10.6. The van der Waals surface area contributed by atoms with Crippen LogP contribution < -0.4 is 0 Å². The first kappa shape index (κ1) is 21.9. The molecule has 0 N–H and O–H groups in total. The summed E-state index contributed by atoms with van der Waals surface area (Å²) in [6.45, 7) is 0. The van der Waals surface area contributed by atoms with Crippen LogP contribution in [0.1, 0.15) is 20.7 Å². The number of aromatic nitrogens is 1. The van der Waals surface area contributed by atoms with Crippen molar-refractivity contribution in [3.63, 3.8) is 0 Å². The van der Waals surface area contributed by atoms with Crippen LogP contribution in [0.3, 0.4) is 0 Å². The maximum absolute atomic E-state index is 12.9. The summed E-state index contributed by atoms with van der Waals surface area (Å²) in [5.74, 6) is -0.966. The predicted molar refractivity (Wildman–Crippen MR) is 137 cm³/mol. The molecule has 0 aliphatic heterocycles. The van der Waals surface area contributed by atoms with Crippen LogP contribution in [0.4, 0.5) is 0 Å². The molecule has 0 radical (unpaired) electrons. The van der Waals surface area contributed by atoms with Crippen molar-refractivity contribution < 1.29 is 19.1 Å². The highest BCUT2D eigenvalue weighted by atomic mass is 79.9. The number of fused-ring (bicyclic) bond motifs is 3. The van der Waals surface area contributed by atoms with Crippen LogP contribution in [0.25, 0.3) is 38.6 Å². The number of carbonyl (C=O) groups excluding carboxylic acids is 2. The van der Waals surface area contributed by atoms with Crippen molar-refractivity contribution in [3.05, 3.63) is 101 Å². The molecule has 0 saturated heterocycles. The topological polar surface area (TPSA) is 57.5 Å². The van der Waals surface area contributed by atoms with Gasteiger partial charge in [0.05, 0.1) is 36.4 Å². The molecule has 0 unspecified atom stereocenters. The first-order chi connectivity index (χ1) is 16.5. The van der Waals surface area contributed by atoms with E-state index in [1.165, 1.54) is 14.2 Å². The number of halogens is 1. The highest BCUT2D eigenvalue weighted by Gasteiger charge is 2.23. The molecule has 5 nitrogen and oxygen atoms in total. The number of esters is 2. The molecule has 0 fully saturated rings. The molecule has 5 aromatic rings. The molecule has 1 aromatic heterocycles. The standard InChI is InChI=1S/C28H20BrNO4/c1-33-27(31)20-13-12-17(29)14-21(20)22-16-26-23(15-24(22)28(32)34-2)19-10-6-7-11-25(19)30(26)18-8-4-3-5-9-18/h3-16H,1-2H3. The second-order valence-electron chi connectivity index (χ2n) is 7.78. The molecule has 0 bridgehead atoms. The Morgan fingerprint density at radius 3 is 2.06 bits per heavy atom. The van der Waals surface area contributed by atoms with Gasteiger partial charge < -0.3 is 14.0 Å². The molecule has 0 aliphatic rings. The van der Waals surface area contributed by atoms with Gasteiger partial charge in [0.25, 0.3) is 0 Å². The Hall–Kier alpha value is -3.90. The molecule has 6 heteroatoms. The number of methoxy groups -OCH3 is 2. The minimum Gasteiger partial charge on any atom is -0.465 e. The summed E-state index contributed by atoms with van der Waals surface area (Å²) >= 11 is 3.50. The monoisotopic (exact) mass is 513 g/mol. The molecule has 0 aliphatic carbocycles. The van der Waals surface area contributed by atoms with Crippen LogP contribution in [0.2, 0.25) is 0 Å². The summed E-state index contributed by atoms with van der Waals surface area (Å²) in [6.07, 6.45) is 0. The lowest BCUT2D eigenvalue weighted by atomic mass is 9.93. The molecule has 0 spiro atoms. The van der Waals surface area contributed by atoms with Gasteiger partial charge in [0, 0.05) is 20.9 Å². The van der Waals surface area contributed by atoms with E-state index in [0.717, 1.165) is 32.0 Å². The summed E-state index contributed by atoms with van der Waals surface area (Å²) in [5.41, 5.74) is 4.80. The van der Waals surface area contributed by atoms with Gasteiger partial charge in [-0.1, -0.05) is 52.3 Å². The van der Waals surface area contributed by atoms with Gasteiger partial charge in [-0.05, 0) is 59.7 Å². The number of benzene rings is 4. The van der Waals surface area contributed by atoms with Crippen LogP contribution in [-0.4, -0.2) is 30.7 Å². The Labute approximate surface area is 204 Å². The molecular weight excluding hydrogens is 494 g/mol. The molecule has 168 valence electrons. The lowest BCUT2D eigenvalue weighted by Crippen LogP contribution is -2.08. The fraction of sp³-hybridized carbons (Fsp3) is 0.0714. The Balaban J connectivity index is 1.94. The predicted octanol–water partition coefficient (Wildman–Crippen LogP) is 6.79. The molecular formula is C28H20BrNO4. The molecule has 34 heavy (non-hydrogen) atoms. The van der Waals surface area contributed by atoms with E-state index in [2.05, 4.69) is 26.6 Å². The van der Waals surface area contributed by atoms with Crippen LogP contribution in [0.15, 0.2) is 89.4 Å². The molecule has 0 atom stereocenters. The summed E-state index contributed by atoms with van der Waals surface area (Å²) in [7, 11) is 2.69. The van der Waals surface area contributed by atoms with E-state index in [1.807, 2.05) is 66.7 Å². The maximum atomic E-state index is 12.9. The maximum Gasteiger partial charge on any atom is 0.338 e. The van der Waals surface area contributed by atoms with Gasteiger partial charge in [0.2, 0.25) is 0 Å². The molecule has 4 aromatic carbocycles. The number of carbonyl (C=O) groups is 2. The number of nitrogens with zero attached hydrogens (tertiary/aromatic N) is 1. The highest BCUT2D eigenvalue weighted by molar-refractivity contribution is 9.10. The fourth-order valence-electron chi connectivity index (χ4n) is 4.40. The molecule has 5 rings (SSSR count). The molecule has 0 saturated carbocycles. The first-order valence-corrected chi connectivity index (χ1v) is 11.4. The van der Waals surface area contributed by atoms with E-state index in [-0.39, 0.29) is 0 Å². The third kappa shape index (κ3) is 3.56. The average Bonchev–Trinajstić information content (AvgIpc) is 3.21. The van der Waals surface area contributed by atoms with Crippen LogP contribution >= 0.6 is 15.9 Å². The third-order valence-electron chi connectivity index (χ3n) is 5.91. The lowest BCUT2D eigenvalue weighted by molar-refractivity contribution is 0.0590. The second kappa shape index (κ2) is 8.80. The number of ether oxygens (including phenoxy) is 2. The summed E-state index contributed by atoms with van der Waals surface area (Å²) in [5, 5.41) is 1.93. The highest BCUT2D eigenvalue weighted by Crippen LogP contribution is 2.39.